The topological polar surface area (TPSA) is 85.8 Å². The highest BCUT2D eigenvalue weighted by Gasteiger charge is 2.32. The average molecular weight is 419 g/mol. The summed E-state index contributed by atoms with van der Waals surface area (Å²) in [5, 5.41) is 0. The van der Waals surface area contributed by atoms with Crippen molar-refractivity contribution in [3.05, 3.63) is 65.4 Å². The van der Waals surface area contributed by atoms with Gasteiger partial charge in [-0.25, -0.2) is 14.4 Å². The fourth-order valence-electron chi connectivity index (χ4n) is 4.08. The molecule has 3 heterocycles. The Hall–Kier alpha value is -3.68. The first-order valence-corrected chi connectivity index (χ1v) is 10.1. The monoisotopic (exact) mass is 419 g/mol. The highest BCUT2D eigenvalue weighted by Crippen LogP contribution is 2.38. The van der Waals surface area contributed by atoms with E-state index in [1.165, 1.54) is 22.6 Å². The molecule has 7 nitrogen and oxygen atoms in total. The lowest BCUT2D eigenvalue weighted by atomic mass is 9.98. The minimum Gasteiger partial charge on any atom is -0.491 e. The fraction of sp³-hybridized carbons (Fsp3) is 0.261. The predicted molar refractivity (Wildman–Crippen MR) is 116 cm³/mol. The summed E-state index contributed by atoms with van der Waals surface area (Å²) >= 11 is 0. The second kappa shape index (κ2) is 6.94. The number of ether oxygens (including phenoxy) is 1. The van der Waals surface area contributed by atoms with Crippen LogP contribution in [0.2, 0.25) is 0 Å². The highest BCUT2D eigenvalue weighted by molar-refractivity contribution is 5.98. The number of imidazole rings is 1. The molecule has 158 valence electrons. The van der Waals surface area contributed by atoms with Gasteiger partial charge in [0.05, 0.1) is 35.2 Å². The quantitative estimate of drug-likeness (QED) is 0.544. The van der Waals surface area contributed by atoms with Crippen LogP contribution >= 0.6 is 0 Å². The molecule has 2 aromatic heterocycles. The molecule has 0 saturated heterocycles. The molecular formula is C23H22FN5O2. The average Bonchev–Trinajstić information content (AvgIpc) is 3.39. The number of fused-ring (bicyclic) bond motifs is 4. The Morgan fingerprint density at radius 1 is 1.29 bits per heavy atom. The molecule has 0 bridgehead atoms. The standard InChI is InChI=1S/C23H22FN5O2/c1-12(2)13-4-5-14-20(10-31-21(14)6-13)28(3)23(30)15-7-18-17(8-16(15)24)27-22(25)19-9-26-11-29(18)19/h4-9,11-12,20H,10H2,1-3H3,(H2,25,27). The first-order chi connectivity index (χ1) is 14.8. The van der Waals surface area contributed by atoms with Gasteiger partial charge in [0.1, 0.15) is 29.5 Å². The summed E-state index contributed by atoms with van der Waals surface area (Å²) < 4.78 is 22.5. The van der Waals surface area contributed by atoms with E-state index >= 15 is 0 Å². The van der Waals surface area contributed by atoms with E-state index in [4.69, 9.17) is 10.5 Å². The zero-order valence-electron chi connectivity index (χ0n) is 17.5. The van der Waals surface area contributed by atoms with Gasteiger partial charge in [-0.2, -0.15) is 0 Å². The SMILES string of the molecule is CC(C)c1ccc2c(c1)OCC2N(C)C(=O)c1cc2c(cc1F)nc(N)c1cncn12. The third-order valence-corrected chi connectivity index (χ3v) is 5.94. The number of halogens is 1. The fourth-order valence-corrected chi connectivity index (χ4v) is 4.08. The van der Waals surface area contributed by atoms with E-state index < -0.39 is 11.7 Å². The maximum Gasteiger partial charge on any atom is 0.257 e. The summed E-state index contributed by atoms with van der Waals surface area (Å²) in [6.07, 6.45) is 3.15. The molecule has 1 unspecified atom stereocenters. The Labute approximate surface area is 178 Å². The van der Waals surface area contributed by atoms with Crippen LogP contribution in [0.1, 0.15) is 47.3 Å². The van der Waals surface area contributed by atoms with Gasteiger partial charge in [0.15, 0.2) is 0 Å². The lowest BCUT2D eigenvalue weighted by molar-refractivity contribution is 0.0704. The van der Waals surface area contributed by atoms with Gasteiger partial charge in [-0.05, 0) is 23.6 Å². The van der Waals surface area contributed by atoms with E-state index in [0.29, 0.717) is 29.1 Å². The molecule has 31 heavy (non-hydrogen) atoms. The van der Waals surface area contributed by atoms with Gasteiger partial charge in [-0.15, -0.1) is 0 Å². The summed E-state index contributed by atoms with van der Waals surface area (Å²) in [7, 11) is 1.67. The largest absolute Gasteiger partial charge is 0.491 e. The third-order valence-electron chi connectivity index (χ3n) is 5.94. The van der Waals surface area contributed by atoms with Crippen molar-refractivity contribution in [2.45, 2.75) is 25.8 Å². The first-order valence-electron chi connectivity index (χ1n) is 10.1. The van der Waals surface area contributed by atoms with E-state index in [-0.39, 0.29) is 17.4 Å². The van der Waals surface area contributed by atoms with Crippen molar-refractivity contribution in [2.75, 3.05) is 19.4 Å². The van der Waals surface area contributed by atoms with Crippen molar-refractivity contribution in [1.82, 2.24) is 19.3 Å². The van der Waals surface area contributed by atoms with E-state index in [9.17, 15) is 9.18 Å². The van der Waals surface area contributed by atoms with Crippen LogP contribution in [-0.4, -0.2) is 38.8 Å². The van der Waals surface area contributed by atoms with Crippen molar-refractivity contribution < 1.29 is 13.9 Å². The van der Waals surface area contributed by atoms with Crippen LogP contribution in [0.25, 0.3) is 16.6 Å². The number of carbonyl (C=O) groups excluding carboxylic acids is 1. The first kappa shape index (κ1) is 19.3. The molecule has 8 heteroatoms. The molecular weight excluding hydrogens is 397 g/mol. The second-order valence-electron chi connectivity index (χ2n) is 8.16. The Kier molecular flexibility index (Phi) is 4.32. The number of aromatic nitrogens is 3. The van der Waals surface area contributed by atoms with E-state index in [0.717, 1.165) is 11.3 Å². The number of anilines is 1. The van der Waals surface area contributed by atoms with Crippen LogP contribution in [0.3, 0.4) is 0 Å². The molecule has 4 aromatic rings. The maximum absolute atomic E-state index is 14.9. The molecule has 0 aliphatic carbocycles. The van der Waals surface area contributed by atoms with Crippen LogP contribution in [0.15, 0.2) is 42.9 Å². The van der Waals surface area contributed by atoms with Gasteiger partial charge in [-0.3, -0.25) is 9.20 Å². The van der Waals surface area contributed by atoms with E-state index in [2.05, 4.69) is 23.8 Å². The predicted octanol–water partition coefficient (Wildman–Crippen LogP) is 3.93. The number of nitrogens with two attached hydrogens (primary N) is 1. The van der Waals surface area contributed by atoms with Crippen molar-refractivity contribution in [3.63, 3.8) is 0 Å². The number of nitrogens with zero attached hydrogens (tertiary/aromatic N) is 4. The van der Waals surface area contributed by atoms with Gasteiger partial charge in [-0.1, -0.05) is 26.0 Å². The van der Waals surface area contributed by atoms with Crippen LogP contribution in [0, 0.1) is 5.82 Å². The van der Waals surface area contributed by atoms with E-state index in [1.54, 1.807) is 24.0 Å². The minimum atomic E-state index is -0.648. The summed E-state index contributed by atoms with van der Waals surface area (Å²) in [4.78, 5) is 23.1. The molecule has 2 N–H and O–H groups in total. The maximum atomic E-state index is 14.9. The number of hydrogen-bond acceptors (Lipinski definition) is 5. The lowest BCUT2D eigenvalue weighted by Crippen LogP contribution is -2.32. The third kappa shape index (κ3) is 2.98. The summed E-state index contributed by atoms with van der Waals surface area (Å²) in [5.41, 5.74) is 9.51. The van der Waals surface area contributed by atoms with Crippen molar-refractivity contribution in [1.29, 1.82) is 0 Å². The summed E-state index contributed by atoms with van der Waals surface area (Å²) in [5.74, 6) is 0.321. The van der Waals surface area contributed by atoms with Gasteiger partial charge >= 0.3 is 0 Å². The molecule has 1 atom stereocenters. The number of rotatable bonds is 3. The molecule has 5 rings (SSSR count). The second-order valence-corrected chi connectivity index (χ2v) is 8.16. The molecule has 0 fully saturated rings. The zero-order chi connectivity index (χ0) is 21.9. The molecule has 1 amide bonds. The Morgan fingerprint density at radius 3 is 2.87 bits per heavy atom. The summed E-state index contributed by atoms with van der Waals surface area (Å²) in [6, 6.07) is 8.50. The Balaban J connectivity index is 1.53. The van der Waals surface area contributed by atoms with Crippen LogP contribution in [0.5, 0.6) is 5.75 Å². The molecule has 0 saturated carbocycles. The van der Waals surface area contributed by atoms with Gasteiger partial charge in [0.2, 0.25) is 0 Å². The number of carbonyl (C=O) groups is 1. The molecule has 1 aliphatic rings. The van der Waals surface area contributed by atoms with Crippen molar-refractivity contribution in [2.24, 2.45) is 0 Å². The smallest absolute Gasteiger partial charge is 0.257 e. The lowest BCUT2D eigenvalue weighted by Gasteiger charge is -2.24. The van der Waals surface area contributed by atoms with Crippen molar-refractivity contribution >= 4 is 28.3 Å². The Bertz CT molecular complexity index is 1350. The number of hydrogen-bond donors (Lipinski definition) is 1. The van der Waals surface area contributed by atoms with Crippen LogP contribution < -0.4 is 10.5 Å². The van der Waals surface area contributed by atoms with Gasteiger partial charge in [0, 0.05) is 18.7 Å². The number of nitrogen functional groups attached to an aromatic ring is 1. The molecule has 0 spiro atoms. The highest BCUT2D eigenvalue weighted by atomic mass is 19.1. The normalized spacial score (nSPS) is 15.5. The zero-order valence-corrected chi connectivity index (χ0v) is 17.5. The van der Waals surface area contributed by atoms with Crippen LogP contribution in [-0.2, 0) is 0 Å². The summed E-state index contributed by atoms with van der Waals surface area (Å²) in [6.45, 7) is 4.57. The van der Waals surface area contributed by atoms with E-state index in [1.807, 2.05) is 18.2 Å². The molecule has 0 radical (unpaired) electrons. The van der Waals surface area contributed by atoms with Crippen molar-refractivity contribution in [3.8, 4) is 5.75 Å². The minimum absolute atomic E-state index is 0.0381. The van der Waals surface area contributed by atoms with Crippen LogP contribution in [0.4, 0.5) is 10.2 Å². The number of likely N-dealkylation sites (N-methyl/N-ethyl adjacent to an activating group) is 1. The van der Waals surface area contributed by atoms with Gasteiger partial charge in [0.25, 0.3) is 5.91 Å². The molecule has 2 aromatic carbocycles. The Morgan fingerprint density at radius 2 is 2.10 bits per heavy atom. The van der Waals surface area contributed by atoms with Gasteiger partial charge < -0.3 is 15.4 Å². The number of amides is 1. The molecule has 1 aliphatic heterocycles. The number of benzene rings is 2.